The summed E-state index contributed by atoms with van der Waals surface area (Å²) in [7, 11) is 0. The molecule has 1 aliphatic carbocycles. The monoisotopic (exact) mass is 262 g/mol. The van der Waals surface area contributed by atoms with Crippen LogP contribution < -0.4 is 20.5 Å². The molecule has 4 nitrogen and oxygen atoms in total. The van der Waals surface area contributed by atoms with Crippen molar-refractivity contribution in [3.63, 3.8) is 0 Å². The van der Waals surface area contributed by atoms with E-state index in [4.69, 9.17) is 15.2 Å². The highest BCUT2D eigenvalue weighted by Gasteiger charge is 2.27. The summed E-state index contributed by atoms with van der Waals surface area (Å²) >= 11 is 0. The minimum absolute atomic E-state index is 0.149. The lowest BCUT2D eigenvalue weighted by Crippen LogP contribution is -2.37. The first kappa shape index (κ1) is 12.5. The van der Waals surface area contributed by atoms with Gasteiger partial charge >= 0.3 is 0 Å². The van der Waals surface area contributed by atoms with Crippen LogP contribution in [0.15, 0.2) is 12.1 Å². The third-order valence-electron chi connectivity index (χ3n) is 4.11. The normalized spacial score (nSPS) is 20.9. The number of hydrogen-bond donors (Lipinski definition) is 2. The first-order valence-corrected chi connectivity index (χ1v) is 7.14. The summed E-state index contributed by atoms with van der Waals surface area (Å²) in [6, 6.07) is 3.84. The topological polar surface area (TPSA) is 56.5 Å². The molecule has 1 fully saturated rings. The van der Waals surface area contributed by atoms with Crippen molar-refractivity contribution in [2.75, 3.05) is 24.3 Å². The van der Waals surface area contributed by atoms with Gasteiger partial charge in [0.05, 0.1) is 11.4 Å². The number of nitrogens with one attached hydrogen (secondary N) is 1. The maximum Gasteiger partial charge on any atom is 0.163 e. The average molecular weight is 262 g/mol. The molecule has 1 saturated carbocycles. The Hall–Kier alpha value is -1.58. The van der Waals surface area contributed by atoms with E-state index in [1.807, 2.05) is 12.1 Å². The van der Waals surface area contributed by atoms with Gasteiger partial charge in [-0.05, 0) is 19.8 Å². The third kappa shape index (κ3) is 2.57. The van der Waals surface area contributed by atoms with Gasteiger partial charge < -0.3 is 20.5 Å². The lowest BCUT2D eigenvalue weighted by atomic mass is 9.83. The van der Waals surface area contributed by atoms with Crippen LogP contribution in [-0.4, -0.2) is 18.8 Å². The Balaban J connectivity index is 1.84. The highest BCUT2D eigenvalue weighted by molar-refractivity contribution is 5.72. The number of nitrogen functional groups attached to an aromatic ring is 1. The Morgan fingerprint density at radius 2 is 1.68 bits per heavy atom. The molecule has 0 saturated heterocycles. The van der Waals surface area contributed by atoms with Crippen molar-refractivity contribution in [2.45, 2.75) is 44.6 Å². The van der Waals surface area contributed by atoms with Crippen LogP contribution >= 0.6 is 0 Å². The zero-order valence-corrected chi connectivity index (χ0v) is 11.5. The second-order valence-corrected chi connectivity index (χ2v) is 5.83. The molecule has 1 aromatic carbocycles. The smallest absolute Gasteiger partial charge is 0.163 e. The Kier molecular flexibility index (Phi) is 3.17. The highest BCUT2D eigenvalue weighted by atomic mass is 16.6. The molecule has 1 heterocycles. The molecule has 19 heavy (non-hydrogen) atoms. The molecule has 3 rings (SSSR count). The second-order valence-electron chi connectivity index (χ2n) is 5.83. The molecule has 0 radical (unpaired) electrons. The minimum atomic E-state index is 0.149. The standard InChI is InChI=1S/C15H22N2O2/c1-15(5-3-2-4-6-15)17-12-10-14-13(9-11(12)16)18-7-8-19-14/h9-10,17H,2-8,16H2,1H3. The third-order valence-corrected chi connectivity index (χ3v) is 4.11. The molecule has 0 bridgehead atoms. The SMILES string of the molecule is CC1(Nc2cc3c(cc2N)OCCO3)CCCCC1. The van der Waals surface area contributed by atoms with E-state index in [-0.39, 0.29) is 5.54 Å². The molecule has 1 aromatic rings. The fraction of sp³-hybridized carbons (Fsp3) is 0.600. The van der Waals surface area contributed by atoms with Crippen LogP contribution in [0.4, 0.5) is 11.4 Å². The molecular formula is C15H22N2O2. The Bertz CT molecular complexity index is 467. The van der Waals surface area contributed by atoms with Crippen LogP contribution in [0, 0.1) is 0 Å². The highest BCUT2D eigenvalue weighted by Crippen LogP contribution is 2.39. The van der Waals surface area contributed by atoms with Gasteiger partial charge in [-0.3, -0.25) is 0 Å². The number of anilines is 2. The summed E-state index contributed by atoms with van der Waals surface area (Å²) in [6.45, 7) is 3.48. The summed E-state index contributed by atoms with van der Waals surface area (Å²) in [5.74, 6) is 1.55. The minimum Gasteiger partial charge on any atom is -0.486 e. The van der Waals surface area contributed by atoms with Crippen LogP contribution in [0.1, 0.15) is 39.0 Å². The zero-order valence-electron chi connectivity index (χ0n) is 11.5. The molecule has 0 unspecified atom stereocenters. The average Bonchev–Trinajstić information content (AvgIpc) is 2.40. The Labute approximate surface area is 114 Å². The molecule has 2 aliphatic rings. The first-order chi connectivity index (χ1) is 9.16. The molecule has 104 valence electrons. The van der Waals surface area contributed by atoms with Crippen LogP contribution in [0.25, 0.3) is 0 Å². The summed E-state index contributed by atoms with van der Waals surface area (Å²) in [4.78, 5) is 0. The summed E-state index contributed by atoms with van der Waals surface area (Å²) < 4.78 is 11.2. The molecule has 0 atom stereocenters. The molecule has 0 aromatic heterocycles. The van der Waals surface area contributed by atoms with E-state index in [1.54, 1.807) is 0 Å². The van der Waals surface area contributed by atoms with Crippen molar-refractivity contribution in [1.29, 1.82) is 0 Å². The Morgan fingerprint density at radius 1 is 1.05 bits per heavy atom. The number of rotatable bonds is 2. The molecular weight excluding hydrogens is 240 g/mol. The van der Waals surface area contributed by atoms with Gasteiger partial charge in [-0.25, -0.2) is 0 Å². The zero-order chi connectivity index (χ0) is 13.3. The van der Waals surface area contributed by atoms with Gasteiger partial charge in [0.25, 0.3) is 0 Å². The van der Waals surface area contributed by atoms with E-state index >= 15 is 0 Å². The lowest BCUT2D eigenvalue weighted by Gasteiger charge is -2.36. The van der Waals surface area contributed by atoms with Gasteiger partial charge in [0.1, 0.15) is 13.2 Å². The number of benzene rings is 1. The molecule has 0 amide bonds. The van der Waals surface area contributed by atoms with Gasteiger partial charge in [-0.2, -0.15) is 0 Å². The van der Waals surface area contributed by atoms with Crippen molar-refractivity contribution in [3.8, 4) is 11.5 Å². The van der Waals surface area contributed by atoms with Crippen LogP contribution in [0.5, 0.6) is 11.5 Å². The van der Waals surface area contributed by atoms with Crippen LogP contribution in [-0.2, 0) is 0 Å². The summed E-state index contributed by atoms with van der Waals surface area (Å²) in [5, 5.41) is 3.62. The predicted molar refractivity (Wildman–Crippen MR) is 77.0 cm³/mol. The van der Waals surface area contributed by atoms with Crippen molar-refractivity contribution < 1.29 is 9.47 Å². The largest absolute Gasteiger partial charge is 0.486 e. The fourth-order valence-corrected chi connectivity index (χ4v) is 2.99. The van der Waals surface area contributed by atoms with Crippen LogP contribution in [0.2, 0.25) is 0 Å². The van der Waals surface area contributed by atoms with E-state index in [9.17, 15) is 0 Å². The molecule has 4 heteroatoms. The van der Waals surface area contributed by atoms with Gasteiger partial charge in [-0.15, -0.1) is 0 Å². The van der Waals surface area contributed by atoms with Crippen molar-refractivity contribution >= 4 is 11.4 Å². The summed E-state index contributed by atoms with van der Waals surface area (Å²) in [5.41, 5.74) is 7.97. The van der Waals surface area contributed by atoms with Crippen molar-refractivity contribution in [3.05, 3.63) is 12.1 Å². The van der Waals surface area contributed by atoms with E-state index in [0.29, 0.717) is 13.2 Å². The van der Waals surface area contributed by atoms with E-state index < -0.39 is 0 Å². The van der Waals surface area contributed by atoms with Gasteiger partial charge in [0.15, 0.2) is 11.5 Å². The summed E-state index contributed by atoms with van der Waals surface area (Å²) in [6.07, 6.45) is 6.30. The van der Waals surface area contributed by atoms with Gasteiger partial charge in [0, 0.05) is 17.7 Å². The first-order valence-electron chi connectivity index (χ1n) is 7.14. The number of ether oxygens (including phenoxy) is 2. The number of fused-ring (bicyclic) bond motifs is 1. The number of hydrogen-bond acceptors (Lipinski definition) is 4. The number of nitrogens with two attached hydrogens (primary N) is 1. The maximum absolute atomic E-state index is 6.12. The van der Waals surface area contributed by atoms with Gasteiger partial charge in [0.2, 0.25) is 0 Å². The van der Waals surface area contributed by atoms with Crippen molar-refractivity contribution in [2.24, 2.45) is 0 Å². The molecule has 1 aliphatic heterocycles. The van der Waals surface area contributed by atoms with Gasteiger partial charge in [-0.1, -0.05) is 19.3 Å². The van der Waals surface area contributed by atoms with E-state index in [1.165, 1.54) is 32.1 Å². The fourth-order valence-electron chi connectivity index (χ4n) is 2.99. The van der Waals surface area contributed by atoms with Crippen LogP contribution in [0.3, 0.4) is 0 Å². The molecule has 3 N–H and O–H groups in total. The van der Waals surface area contributed by atoms with Crippen molar-refractivity contribution in [1.82, 2.24) is 0 Å². The molecule has 0 spiro atoms. The van der Waals surface area contributed by atoms with E-state index in [2.05, 4.69) is 12.2 Å². The second kappa shape index (κ2) is 4.83. The Morgan fingerprint density at radius 3 is 2.37 bits per heavy atom. The quantitative estimate of drug-likeness (QED) is 0.804. The lowest BCUT2D eigenvalue weighted by molar-refractivity contribution is 0.172. The predicted octanol–water partition coefficient (Wildman–Crippen LogP) is 3.17. The maximum atomic E-state index is 6.12. The van der Waals surface area contributed by atoms with E-state index in [0.717, 1.165) is 22.9 Å².